The van der Waals surface area contributed by atoms with Crippen molar-refractivity contribution in [2.75, 3.05) is 19.0 Å². The Morgan fingerprint density at radius 2 is 2.16 bits per heavy atom. The zero-order valence-corrected chi connectivity index (χ0v) is 11.8. The first-order chi connectivity index (χ1) is 9.28. The highest BCUT2D eigenvalue weighted by Crippen LogP contribution is 2.28. The van der Waals surface area contributed by atoms with Gasteiger partial charge in [0.05, 0.1) is 12.7 Å². The first-order valence-electron chi connectivity index (χ1n) is 7.27. The number of anilines is 1. The molecular formula is C16H25NO2. The van der Waals surface area contributed by atoms with Crippen molar-refractivity contribution in [1.82, 2.24) is 0 Å². The van der Waals surface area contributed by atoms with Crippen molar-refractivity contribution < 1.29 is 9.84 Å². The number of aliphatic hydroxyl groups is 1. The Hall–Kier alpha value is -1.06. The summed E-state index contributed by atoms with van der Waals surface area (Å²) in [6.07, 6.45) is 5.95. The normalized spacial score (nSPS) is 17.6. The second-order valence-electron chi connectivity index (χ2n) is 5.55. The maximum Gasteiger partial charge on any atom is 0.0715 e. The van der Waals surface area contributed by atoms with E-state index in [0.717, 1.165) is 23.6 Å². The van der Waals surface area contributed by atoms with Crippen molar-refractivity contribution in [2.24, 2.45) is 5.92 Å². The molecule has 106 valence electrons. The van der Waals surface area contributed by atoms with Crippen LogP contribution in [0.5, 0.6) is 0 Å². The molecule has 1 unspecified atom stereocenters. The maximum absolute atomic E-state index is 10.1. The maximum atomic E-state index is 10.1. The number of hydrogen-bond acceptors (Lipinski definition) is 3. The number of benzene rings is 1. The topological polar surface area (TPSA) is 41.5 Å². The van der Waals surface area contributed by atoms with Crippen LogP contribution in [0.1, 0.15) is 37.7 Å². The predicted molar refractivity (Wildman–Crippen MR) is 78.2 cm³/mol. The van der Waals surface area contributed by atoms with Crippen LogP contribution in [0.25, 0.3) is 0 Å². The standard InChI is InChI=1S/C16H25NO2/c1-19-12-14-7-4-8-15(9-14)17-11-16(18)10-13-5-2-3-6-13/h4,7-9,13,16-18H,2-3,5-6,10-12H2,1H3. The van der Waals surface area contributed by atoms with E-state index < -0.39 is 0 Å². The lowest BCUT2D eigenvalue weighted by molar-refractivity contribution is 0.155. The van der Waals surface area contributed by atoms with Crippen molar-refractivity contribution in [3.63, 3.8) is 0 Å². The molecule has 0 amide bonds. The summed E-state index contributed by atoms with van der Waals surface area (Å²) in [6, 6.07) is 8.16. The molecule has 3 nitrogen and oxygen atoms in total. The second-order valence-corrected chi connectivity index (χ2v) is 5.55. The fourth-order valence-corrected chi connectivity index (χ4v) is 2.89. The molecule has 3 heteroatoms. The molecule has 1 fully saturated rings. The van der Waals surface area contributed by atoms with Gasteiger partial charge in [0, 0.05) is 19.3 Å². The monoisotopic (exact) mass is 263 g/mol. The van der Waals surface area contributed by atoms with Crippen LogP contribution in [0.2, 0.25) is 0 Å². The predicted octanol–water partition coefficient (Wildman–Crippen LogP) is 3.19. The second kappa shape index (κ2) is 7.51. The molecule has 1 aliphatic rings. The van der Waals surface area contributed by atoms with Crippen molar-refractivity contribution in [2.45, 2.75) is 44.8 Å². The van der Waals surface area contributed by atoms with Crippen molar-refractivity contribution in [3.05, 3.63) is 29.8 Å². The SMILES string of the molecule is COCc1cccc(NCC(O)CC2CCCC2)c1. The lowest BCUT2D eigenvalue weighted by Crippen LogP contribution is -2.22. The fraction of sp³-hybridized carbons (Fsp3) is 0.625. The van der Waals surface area contributed by atoms with Crippen LogP contribution in [0.15, 0.2) is 24.3 Å². The third-order valence-electron chi connectivity index (χ3n) is 3.86. The first kappa shape index (κ1) is 14.4. The van der Waals surface area contributed by atoms with E-state index in [9.17, 15) is 5.11 Å². The van der Waals surface area contributed by atoms with Gasteiger partial charge in [-0.25, -0.2) is 0 Å². The minimum atomic E-state index is -0.241. The third kappa shape index (κ3) is 4.84. The minimum absolute atomic E-state index is 0.241. The summed E-state index contributed by atoms with van der Waals surface area (Å²) in [7, 11) is 1.70. The Kier molecular flexibility index (Phi) is 5.67. The van der Waals surface area contributed by atoms with Crippen LogP contribution < -0.4 is 5.32 Å². The van der Waals surface area contributed by atoms with Crippen LogP contribution in [0, 0.1) is 5.92 Å². The summed E-state index contributed by atoms with van der Waals surface area (Å²) in [6.45, 7) is 1.26. The van der Waals surface area contributed by atoms with E-state index >= 15 is 0 Å². The van der Waals surface area contributed by atoms with Crippen molar-refractivity contribution in [3.8, 4) is 0 Å². The molecular weight excluding hydrogens is 238 g/mol. The van der Waals surface area contributed by atoms with Gasteiger partial charge >= 0.3 is 0 Å². The summed E-state index contributed by atoms with van der Waals surface area (Å²) in [5.74, 6) is 0.733. The van der Waals surface area contributed by atoms with Gasteiger partial charge in [0.1, 0.15) is 0 Å². The van der Waals surface area contributed by atoms with E-state index in [1.54, 1.807) is 7.11 Å². The molecule has 1 saturated carbocycles. The van der Waals surface area contributed by atoms with Crippen LogP contribution in [-0.2, 0) is 11.3 Å². The van der Waals surface area contributed by atoms with Crippen LogP contribution in [0.4, 0.5) is 5.69 Å². The van der Waals surface area contributed by atoms with Crippen molar-refractivity contribution >= 4 is 5.69 Å². The summed E-state index contributed by atoms with van der Waals surface area (Å²) in [4.78, 5) is 0. The van der Waals surface area contributed by atoms with E-state index in [-0.39, 0.29) is 6.10 Å². The van der Waals surface area contributed by atoms with E-state index in [1.807, 2.05) is 18.2 Å². The van der Waals surface area contributed by atoms with E-state index in [4.69, 9.17) is 4.74 Å². The number of rotatable bonds is 7. The number of hydrogen-bond donors (Lipinski definition) is 2. The van der Waals surface area contributed by atoms with Gasteiger partial charge in [-0.1, -0.05) is 37.8 Å². The number of aliphatic hydroxyl groups excluding tert-OH is 1. The first-order valence-corrected chi connectivity index (χ1v) is 7.27. The van der Waals surface area contributed by atoms with Gasteiger partial charge in [-0.15, -0.1) is 0 Å². The molecule has 0 heterocycles. The molecule has 0 aliphatic heterocycles. The molecule has 0 spiro atoms. The number of nitrogens with one attached hydrogen (secondary N) is 1. The largest absolute Gasteiger partial charge is 0.391 e. The molecule has 2 N–H and O–H groups in total. The molecule has 0 bridgehead atoms. The minimum Gasteiger partial charge on any atom is -0.391 e. The van der Waals surface area contributed by atoms with E-state index in [2.05, 4.69) is 11.4 Å². The average Bonchev–Trinajstić information content (AvgIpc) is 2.90. The number of ether oxygens (including phenoxy) is 1. The molecule has 2 rings (SSSR count). The Bertz CT molecular complexity index is 375. The highest BCUT2D eigenvalue weighted by molar-refractivity contribution is 5.45. The lowest BCUT2D eigenvalue weighted by Gasteiger charge is -2.17. The Labute approximate surface area is 116 Å². The molecule has 1 aromatic carbocycles. The van der Waals surface area contributed by atoms with E-state index in [1.165, 1.54) is 25.7 Å². The zero-order chi connectivity index (χ0) is 13.5. The van der Waals surface area contributed by atoms with Gasteiger partial charge in [0.2, 0.25) is 0 Å². The van der Waals surface area contributed by atoms with Crippen LogP contribution in [0.3, 0.4) is 0 Å². The molecule has 0 radical (unpaired) electrons. The summed E-state index contributed by atoms with van der Waals surface area (Å²) >= 11 is 0. The molecule has 0 saturated heterocycles. The zero-order valence-electron chi connectivity index (χ0n) is 11.8. The highest BCUT2D eigenvalue weighted by Gasteiger charge is 2.18. The average molecular weight is 263 g/mol. The Morgan fingerprint density at radius 3 is 2.89 bits per heavy atom. The van der Waals surface area contributed by atoms with Crippen LogP contribution in [-0.4, -0.2) is 24.9 Å². The quantitative estimate of drug-likeness (QED) is 0.794. The summed E-state index contributed by atoms with van der Waals surface area (Å²) < 4.78 is 5.12. The van der Waals surface area contributed by atoms with Crippen molar-refractivity contribution in [1.29, 1.82) is 0 Å². The number of methoxy groups -OCH3 is 1. The molecule has 19 heavy (non-hydrogen) atoms. The molecule has 1 aliphatic carbocycles. The lowest BCUT2D eigenvalue weighted by atomic mass is 10.00. The van der Waals surface area contributed by atoms with Gasteiger partial charge in [-0.05, 0) is 30.0 Å². The van der Waals surface area contributed by atoms with E-state index in [0.29, 0.717) is 13.2 Å². The molecule has 0 aromatic heterocycles. The van der Waals surface area contributed by atoms with Gasteiger partial charge in [-0.3, -0.25) is 0 Å². The Morgan fingerprint density at radius 1 is 1.37 bits per heavy atom. The van der Waals surface area contributed by atoms with Crippen LogP contribution >= 0.6 is 0 Å². The summed E-state index contributed by atoms with van der Waals surface area (Å²) in [5, 5.41) is 13.4. The summed E-state index contributed by atoms with van der Waals surface area (Å²) in [5.41, 5.74) is 2.21. The molecule has 1 atom stereocenters. The third-order valence-corrected chi connectivity index (χ3v) is 3.86. The highest BCUT2D eigenvalue weighted by atomic mass is 16.5. The van der Waals surface area contributed by atoms with Gasteiger partial charge in [0.15, 0.2) is 0 Å². The van der Waals surface area contributed by atoms with Gasteiger partial charge in [-0.2, -0.15) is 0 Å². The molecule has 1 aromatic rings. The van der Waals surface area contributed by atoms with Gasteiger partial charge < -0.3 is 15.2 Å². The fourth-order valence-electron chi connectivity index (χ4n) is 2.89. The van der Waals surface area contributed by atoms with Gasteiger partial charge in [0.25, 0.3) is 0 Å². The smallest absolute Gasteiger partial charge is 0.0715 e. The Balaban J connectivity index is 1.75.